The molecule has 0 bridgehead atoms. The average Bonchev–Trinajstić information content (AvgIpc) is 2.22. The summed E-state index contributed by atoms with van der Waals surface area (Å²) in [5, 5.41) is 0. The Balaban J connectivity index is 1.98. The van der Waals surface area contributed by atoms with Crippen LogP contribution in [-0.4, -0.2) is 5.66 Å². The van der Waals surface area contributed by atoms with Gasteiger partial charge in [-0.15, -0.1) is 9.24 Å². The number of hydrogen-bond acceptors (Lipinski definition) is 0. The molecule has 0 N–H and O–H groups in total. The van der Waals surface area contributed by atoms with Crippen molar-refractivity contribution in [1.29, 1.82) is 0 Å². The fourth-order valence-corrected chi connectivity index (χ4v) is 1.52. The summed E-state index contributed by atoms with van der Waals surface area (Å²) in [6.07, 6.45) is 4.29. The van der Waals surface area contributed by atoms with Crippen molar-refractivity contribution in [1.82, 2.24) is 0 Å². The zero-order chi connectivity index (χ0) is 5.28. The summed E-state index contributed by atoms with van der Waals surface area (Å²) in [4.78, 5) is 0. The Bertz CT molecular complexity index is 61.2. The lowest BCUT2D eigenvalue weighted by atomic mass is 10.2. The lowest BCUT2D eigenvalue weighted by Crippen LogP contribution is -1.75. The maximum atomic E-state index is 2.88. The minimum Gasteiger partial charge on any atom is -0.134 e. The maximum absolute atomic E-state index is 2.88. The molecule has 1 heteroatoms. The molecular weight excluding hydrogens is 103 g/mol. The standard InChI is InChI=1S/C6H13P/c1-2-3-5-4-6(5)7/h5-6H,2-4,7H2,1H3/t5?,6-/m0/s1. The van der Waals surface area contributed by atoms with Crippen LogP contribution in [0.1, 0.15) is 26.2 Å². The highest BCUT2D eigenvalue weighted by molar-refractivity contribution is 7.18. The molecule has 0 aromatic carbocycles. The Kier molecular flexibility index (Phi) is 1.69. The van der Waals surface area contributed by atoms with E-state index in [9.17, 15) is 0 Å². The van der Waals surface area contributed by atoms with Crippen LogP contribution < -0.4 is 0 Å². The first kappa shape index (κ1) is 5.56. The first-order valence-corrected chi connectivity index (χ1v) is 3.77. The van der Waals surface area contributed by atoms with Crippen LogP contribution in [0.15, 0.2) is 0 Å². The molecule has 42 valence electrons. The van der Waals surface area contributed by atoms with E-state index in [1.54, 1.807) is 0 Å². The largest absolute Gasteiger partial charge is 0.134 e. The van der Waals surface area contributed by atoms with Gasteiger partial charge in [0.25, 0.3) is 0 Å². The summed E-state index contributed by atoms with van der Waals surface area (Å²) >= 11 is 0. The Hall–Kier alpha value is 0.430. The summed E-state index contributed by atoms with van der Waals surface area (Å²) in [6.45, 7) is 2.26. The van der Waals surface area contributed by atoms with Crippen molar-refractivity contribution in [2.45, 2.75) is 31.8 Å². The summed E-state index contributed by atoms with van der Waals surface area (Å²) < 4.78 is 0. The quantitative estimate of drug-likeness (QED) is 0.484. The van der Waals surface area contributed by atoms with E-state index in [1.807, 2.05) is 0 Å². The van der Waals surface area contributed by atoms with Crippen molar-refractivity contribution < 1.29 is 0 Å². The highest BCUT2D eigenvalue weighted by Gasteiger charge is 2.30. The molecule has 1 aliphatic carbocycles. The molecule has 7 heavy (non-hydrogen) atoms. The first-order valence-electron chi connectivity index (χ1n) is 3.10. The second-order valence-electron chi connectivity index (χ2n) is 2.45. The molecule has 0 heterocycles. The van der Waals surface area contributed by atoms with Crippen molar-refractivity contribution in [2.24, 2.45) is 5.92 Å². The molecule has 1 fully saturated rings. The SMILES string of the molecule is CCCC1C[C@@H]1P. The topological polar surface area (TPSA) is 0 Å². The third-order valence-electron chi connectivity index (χ3n) is 1.64. The van der Waals surface area contributed by atoms with Gasteiger partial charge in [0, 0.05) is 0 Å². The zero-order valence-electron chi connectivity index (χ0n) is 4.85. The molecule has 1 rings (SSSR count). The molecule has 0 amide bonds. The molecular formula is C6H13P. The van der Waals surface area contributed by atoms with Gasteiger partial charge in [-0.2, -0.15) is 0 Å². The molecule has 0 spiro atoms. The zero-order valence-corrected chi connectivity index (χ0v) is 6.01. The smallest absolute Gasteiger partial charge is 0.0233 e. The van der Waals surface area contributed by atoms with Crippen LogP contribution in [0.3, 0.4) is 0 Å². The Labute approximate surface area is 47.9 Å². The third-order valence-corrected chi connectivity index (χ3v) is 2.45. The molecule has 3 atom stereocenters. The average molecular weight is 116 g/mol. The number of rotatable bonds is 2. The fraction of sp³-hybridized carbons (Fsp3) is 1.00. The van der Waals surface area contributed by atoms with Crippen LogP contribution in [-0.2, 0) is 0 Å². The van der Waals surface area contributed by atoms with Crippen molar-refractivity contribution in [3.8, 4) is 0 Å². The minimum atomic E-state index is 0.986. The Morgan fingerprint density at radius 1 is 1.71 bits per heavy atom. The third kappa shape index (κ3) is 1.42. The first-order chi connectivity index (χ1) is 3.34. The molecule has 0 aromatic rings. The lowest BCUT2D eigenvalue weighted by molar-refractivity contribution is 0.710. The van der Waals surface area contributed by atoms with Gasteiger partial charge >= 0.3 is 0 Å². The molecule has 0 aromatic heterocycles. The van der Waals surface area contributed by atoms with E-state index in [-0.39, 0.29) is 0 Å². The maximum Gasteiger partial charge on any atom is -0.0233 e. The second-order valence-corrected chi connectivity index (χ2v) is 3.30. The Morgan fingerprint density at radius 3 is 2.43 bits per heavy atom. The highest BCUT2D eigenvalue weighted by atomic mass is 31.0. The van der Waals surface area contributed by atoms with Crippen LogP contribution in [0.2, 0.25) is 0 Å². The molecule has 0 aliphatic heterocycles. The molecule has 2 unspecified atom stereocenters. The van der Waals surface area contributed by atoms with E-state index < -0.39 is 0 Å². The van der Waals surface area contributed by atoms with Gasteiger partial charge in [0.1, 0.15) is 0 Å². The number of hydrogen-bond donors (Lipinski definition) is 0. The van der Waals surface area contributed by atoms with Crippen LogP contribution in [0.25, 0.3) is 0 Å². The van der Waals surface area contributed by atoms with Gasteiger partial charge in [-0.1, -0.05) is 19.8 Å². The molecule has 0 nitrogen and oxygen atoms in total. The summed E-state index contributed by atoms with van der Waals surface area (Å²) in [5.41, 5.74) is 0.986. The van der Waals surface area contributed by atoms with E-state index in [0.717, 1.165) is 11.6 Å². The summed E-state index contributed by atoms with van der Waals surface area (Å²) in [6, 6.07) is 0. The molecule has 1 aliphatic rings. The van der Waals surface area contributed by atoms with Gasteiger partial charge in [-0.25, -0.2) is 0 Å². The van der Waals surface area contributed by atoms with E-state index in [0.29, 0.717) is 0 Å². The van der Waals surface area contributed by atoms with Gasteiger partial charge < -0.3 is 0 Å². The van der Waals surface area contributed by atoms with Crippen molar-refractivity contribution in [3.05, 3.63) is 0 Å². The molecule has 0 saturated heterocycles. The second kappa shape index (κ2) is 2.13. The van der Waals surface area contributed by atoms with Crippen LogP contribution in [0, 0.1) is 5.92 Å². The fourth-order valence-electron chi connectivity index (χ4n) is 0.974. The lowest BCUT2D eigenvalue weighted by Gasteiger charge is -1.86. The van der Waals surface area contributed by atoms with Crippen molar-refractivity contribution in [2.75, 3.05) is 0 Å². The van der Waals surface area contributed by atoms with Crippen molar-refractivity contribution in [3.63, 3.8) is 0 Å². The molecule has 0 radical (unpaired) electrons. The van der Waals surface area contributed by atoms with Crippen LogP contribution >= 0.6 is 9.24 Å². The normalized spacial score (nSPS) is 38.6. The van der Waals surface area contributed by atoms with Gasteiger partial charge in [0.2, 0.25) is 0 Å². The molecule has 1 saturated carbocycles. The summed E-state index contributed by atoms with van der Waals surface area (Å²) in [5.74, 6) is 1.08. The van der Waals surface area contributed by atoms with E-state index in [2.05, 4.69) is 16.2 Å². The minimum absolute atomic E-state index is 0.986. The van der Waals surface area contributed by atoms with Gasteiger partial charge in [0.05, 0.1) is 0 Å². The monoisotopic (exact) mass is 116 g/mol. The predicted octanol–water partition coefficient (Wildman–Crippen LogP) is 2.05. The Morgan fingerprint density at radius 2 is 2.29 bits per heavy atom. The van der Waals surface area contributed by atoms with Gasteiger partial charge in [-0.3, -0.25) is 0 Å². The predicted molar refractivity (Wildman–Crippen MR) is 36.5 cm³/mol. The van der Waals surface area contributed by atoms with Gasteiger partial charge in [-0.05, 0) is 18.0 Å². The highest BCUT2D eigenvalue weighted by Crippen LogP contribution is 2.40. The van der Waals surface area contributed by atoms with E-state index in [4.69, 9.17) is 0 Å². The van der Waals surface area contributed by atoms with Gasteiger partial charge in [0.15, 0.2) is 0 Å². The summed E-state index contributed by atoms with van der Waals surface area (Å²) in [7, 11) is 2.88. The van der Waals surface area contributed by atoms with E-state index in [1.165, 1.54) is 19.3 Å². The van der Waals surface area contributed by atoms with Crippen molar-refractivity contribution >= 4 is 9.24 Å². The van der Waals surface area contributed by atoms with E-state index >= 15 is 0 Å². The van der Waals surface area contributed by atoms with Crippen LogP contribution in [0.5, 0.6) is 0 Å². The van der Waals surface area contributed by atoms with Crippen LogP contribution in [0.4, 0.5) is 0 Å².